The number of benzene rings is 1. The molecule has 0 unspecified atom stereocenters. The van der Waals surface area contributed by atoms with E-state index in [-0.39, 0.29) is 49.1 Å². The molecule has 0 spiro atoms. The predicted octanol–water partition coefficient (Wildman–Crippen LogP) is 2.67. The van der Waals surface area contributed by atoms with Gasteiger partial charge < -0.3 is 18.8 Å². The van der Waals surface area contributed by atoms with E-state index in [0.717, 1.165) is 25.7 Å². The molecule has 4 rings (SSSR count). The molecule has 10 nitrogen and oxygen atoms in total. The van der Waals surface area contributed by atoms with E-state index in [2.05, 4.69) is 10.2 Å². The molecule has 1 aliphatic heterocycles. The van der Waals surface area contributed by atoms with Gasteiger partial charge >= 0.3 is 0 Å². The van der Waals surface area contributed by atoms with Crippen molar-refractivity contribution in [3.05, 3.63) is 24.1 Å². The Kier molecular flexibility index (Phi) is 7.14. The van der Waals surface area contributed by atoms with Gasteiger partial charge in [-0.15, -0.1) is 10.2 Å². The molecule has 1 aromatic heterocycles. The number of carbonyl (C=O) groups is 3. The molecular formula is C24H30N4O6. The third kappa shape index (κ3) is 4.76. The van der Waals surface area contributed by atoms with Gasteiger partial charge in [0, 0.05) is 25.6 Å². The highest BCUT2D eigenvalue weighted by Gasteiger charge is 2.47. The van der Waals surface area contributed by atoms with Crippen LogP contribution in [-0.4, -0.2) is 65.5 Å². The Labute approximate surface area is 198 Å². The maximum atomic E-state index is 12.6. The SMILES string of the molecule is COc1ccc(-c2nnc(CN(C)C(=O)CCCN3C(=O)[C@@H]4CCCC[C@H]4C3=O)o2)cc1OC. The van der Waals surface area contributed by atoms with Crippen LogP contribution in [0, 0.1) is 11.8 Å². The molecule has 2 aliphatic rings. The average molecular weight is 471 g/mol. The zero-order valence-corrected chi connectivity index (χ0v) is 19.8. The van der Waals surface area contributed by atoms with Crippen LogP contribution in [0.25, 0.3) is 11.5 Å². The zero-order chi connectivity index (χ0) is 24.2. The molecule has 0 radical (unpaired) electrons. The lowest BCUT2D eigenvalue weighted by molar-refractivity contribution is -0.140. The van der Waals surface area contributed by atoms with Crippen molar-refractivity contribution in [3.8, 4) is 23.0 Å². The highest BCUT2D eigenvalue weighted by molar-refractivity contribution is 6.05. The molecule has 1 aromatic carbocycles. The lowest BCUT2D eigenvalue weighted by Gasteiger charge is -2.19. The van der Waals surface area contributed by atoms with Crippen molar-refractivity contribution in [1.82, 2.24) is 20.0 Å². The second-order valence-electron chi connectivity index (χ2n) is 8.75. The number of hydrogen-bond acceptors (Lipinski definition) is 8. The van der Waals surface area contributed by atoms with Gasteiger partial charge in [0.2, 0.25) is 29.5 Å². The summed E-state index contributed by atoms with van der Waals surface area (Å²) in [7, 11) is 4.76. The standard InChI is InChI=1S/C24H30N4O6/c1-27(14-20-25-26-22(34-20)15-10-11-18(32-2)19(13-15)33-3)21(29)9-6-12-28-23(30)16-7-4-5-8-17(16)24(28)31/h10-11,13,16-17H,4-9,12,14H2,1-3H3/t16-,17-/m1/s1. The van der Waals surface area contributed by atoms with E-state index in [1.54, 1.807) is 39.5 Å². The van der Waals surface area contributed by atoms with E-state index in [4.69, 9.17) is 13.9 Å². The minimum Gasteiger partial charge on any atom is -0.493 e. The molecule has 182 valence electrons. The number of fused-ring (bicyclic) bond motifs is 1. The Bertz CT molecular complexity index is 1040. The van der Waals surface area contributed by atoms with Crippen molar-refractivity contribution < 1.29 is 28.3 Å². The number of aromatic nitrogens is 2. The molecule has 3 amide bonds. The number of amides is 3. The first-order chi connectivity index (χ1) is 16.4. The molecule has 34 heavy (non-hydrogen) atoms. The smallest absolute Gasteiger partial charge is 0.247 e. The molecule has 1 aliphatic carbocycles. The lowest BCUT2D eigenvalue weighted by atomic mass is 9.81. The number of nitrogens with zero attached hydrogens (tertiary/aromatic N) is 4. The molecule has 2 fully saturated rings. The maximum absolute atomic E-state index is 12.6. The fourth-order valence-electron chi connectivity index (χ4n) is 4.73. The minimum absolute atomic E-state index is 0.0657. The fraction of sp³-hybridized carbons (Fsp3) is 0.542. The van der Waals surface area contributed by atoms with E-state index in [0.29, 0.717) is 35.3 Å². The number of likely N-dealkylation sites (tertiary alicyclic amines) is 1. The Hall–Kier alpha value is -3.43. The summed E-state index contributed by atoms with van der Waals surface area (Å²) < 4.78 is 16.3. The number of methoxy groups -OCH3 is 2. The first-order valence-corrected chi connectivity index (χ1v) is 11.6. The molecular weight excluding hydrogens is 440 g/mol. The summed E-state index contributed by atoms with van der Waals surface area (Å²) in [5.74, 6) is 1.18. The van der Waals surface area contributed by atoms with Crippen LogP contribution in [0.15, 0.2) is 22.6 Å². The second-order valence-corrected chi connectivity index (χ2v) is 8.75. The van der Waals surface area contributed by atoms with Gasteiger partial charge in [-0.25, -0.2) is 0 Å². The van der Waals surface area contributed by atoms with Crippen molar-refractivity contribution >= 4 is 17.7 Å². The molecule has 2 atom stereocenters. The number of rotatable bonds is 9. The van der Waals surface area contributed by atoms with E-state index >= 15 is 0 Å². The third-order valence-corrected chi connectivity index (χ3v) is 6.60. The normalized spacial score (nSPS) is 19.8. The van der Waals surface area contributed by atoms with E-state index in [1.165, 1.54) is 9.80 Å². The number of carbonyl (C=O) groups excluding carboxylic acids is 3. The maximum Gasteiger partial charge on any atom is 0.247 e. The third-order valence-electron chi connectivity index (χ3n) is 6.60. The Morgan fingerprint density at radius 3 is 2.41 bits per heavy atom. The monoisotopic (exact) mass is 470 g/mol. The van der Waals surface area contributed by atoms with Crippen LogP contribution in [0.4, 0.5) is 0 Å². The van der Waals surface area contributed by atoms with Crippen molar-refractivity contribution in [2.75, 3.05) is 27.8 Å². The van der Waals surface area contributed by atoms with Gasteiger partial charge in [0.1, 0.15) is 0 Å². The summed E-state index contributed by atoms with van der Waals surface area (Å²) in [6.07, 6.45) is 4.24. The largest absolute Gasteiger partial charge is 0.493 e. The first kappa shape index (κ1) is 23.7. The van der Waals surface area contributed by atoms with Gasteiger partial charge in [0.15, 0.2) is 11.5 Å². The lowest BCUT2D eigenvalue weighted by Crippen LogP contribution is -2.33. The van der Waals surface area contributed by atoms with Crippen LogP contribution in [0.2, 0.25) is 0 Å². The van der Waals surface area contributed by atoms with Gasteiger partial charge in [0.05, 0.1) is 32.6 Å². The molecule has 1 saturated heterocycles. The van der Waals surface area contributed by atoms with Crippen LogP contribution < -0.4 is 9.47 Å². The van der Waals surface area contributed by atoms with Gasteiger partial charge in [-0.3, -0.25) is 19.3 Å². The van der Waals surface area contributed by atoms with Gasteiger partial charge in [-0.05, 0) is 37.5 Å². The second kappa shape index (κ2) is 10.2. The molecule has 2 heterocycles. The highest BCUT2D eigenvalue weighted by Crippen LogP contribution is 2.38. The summed E-state index contributed by atoms with van der Waals surface area (Å²) in [6, 6.07) is 5.27. The van der Waals surface area contributed by atoms with Crippen molar-refractivity contribution in [1.29, 1.82) is 0 Å². The first-order valence-electron chi connectivity index (χ1n) is 11.6. The quantitative estimate of drug-likeness (QED) is 0.514. The molecule has 2 aromatic rings. The Morgan fingerprint density at radius 1 is 1.09 bits per heavy atom. The summed E-state index contributed by atoms with van der Waals surface area (Å²) in [6.45, 7) is 0.444. The Balaban J connectivity index is 1.29. The van der Waals surface area contributed by atoms with Gasteiger partial charge in [-0.2, -0.15) is 0 Å². The predicted molar refractivity (Wildman–Crippen MR) is 121 cm³/mol. The van der Waals surface area contributed by atoms with Crippen molar-refractivity contribution in [2.45, 2.75) is 45.1 Å². The fourth-order valence-corrected chi connectivity index (χ4v) is 4.73. The van der Waals surface area contributed by atoms with Crippen molar-refractivity contribution in [3.63, 3.8) is 0 Å². The van der Waals surface area contributed by atoms with E-state index < -0.39 is 0 Å². The summed E-state index contributed by atoms with van der Waals surface area (Å²) in [4.78, 5) is 40.6. The summed E-state index contributed by atoms with van der Waals surface area (Å²) in [5.41, 5.74) is 0.672. The number of imide groups is 1. The molecule has 10 heteroatoms. The van der Waals surface area contributed by atoms with Crippen LogP contribution in [0.1, 0.15) is 44.4 Å². The molecule has 0 bridgehead atoms. The molecule has 1 saturated carbocycles. The highest BCUT2D eigenvalue weighted by atomic mass is 16.5. The van der Waals surface area contributed by atoms with Crippen molar-refractivity contribution in [2.24, 2.45) is 11.8 Å². The average Bonchev–Trinajstić information content (AvgIpc) is 3.42. The van der Waals surface area contributed by atoms with Crippen LogP contribution in [-0.2, 0) is 20.9 Å². The van der Waals surface area contributed by atoms with E-state index in [1.807, 2.05) is 0 Å². The van der Waals surface area contributed by atoms with Crippen LogP contribution >= 0.6 is 0 Å². The minimum atomic E-state index is -0.156. The number of hydrogen-bond donors (Lipinski definition) is 0. The van der Waals surface area contributed by atoms with Gasteiger partial charge in [0.25, 0.3) is 0 Å². The topological polar surface area (TPSA) is 115 Å². The van der Waals surface area contributed by atoms with Gasteiger partial charge in [-0.1, -0.05) is 12.8 Å². The van der Waals surface area contributed by atoms with E-state index in [9.17, 15) is 14.4 Å². The Morgan fingerprint density at radius 2 is 1.76 bits per heavy atom. The summed E-state index contributed by atoms with van der Waals surface area (Å²) in [5, 5.41) is 8.10. The zero-order valence-electron chi connectivity index (χ0n) is 19.8. The summed E-state index contributed by atoms with van der Waals surface area (Å²) >= 11 is 0. The molecule has 0 N–H and O–H groups in total. The van der Waals surface area contributed by atoms with Crippen LogP contribution in [0.5, 0.6) is 11.5 Å². The number of ether oxygens (including phenoxy) is 2. The van der Waals surface area contributed by atoms with Crippen LogP contribution in [0.3, 0.4) is 0 Å².